The lowest BCUT2D eigenvalue weighted by Crippen LogP contribution is -2.16. The Morgan fingerprint density at radius 2 is 2.00 bits per heavy atom. The van der Waals surface area contributed by atoms with Crippen LogP contribution in [0.15, 0.2) is 47.4 Å². The molecule has 3 aromatic rings. The SMILES string of the molecule is Cc1ccc(C(=O)OCc2cc(=O)n3cc(Cl)ccc3n2)c(C)c1. The zero-order chi connectivity index (χ0) is 17.3. The highest BCUT2D eigenvalue weighted by molar-refractivity contribution is 6.30. The third kappa shape index (κ3) is 3.31. The topological polar surface area (TPSA) is 60.7 Å². The second-order valence-corrected chi connectivity index (χ2v) is 5.99. The third-order valence-corrected chi connectivity index (χ3v) is 3.85. The van der Waals surface area contributed by atoms with Gasteiger partial charge in [-0.05, 0) is 37.6 Å². The minimum Gasteiger partial charge on any atom is -0.456 e. The van der Waals surface area contributed by atoms with Crippen LogP contribution in [0, 0.1) is 13.8 Å². The van der Waals surface area contributed by atoms with Gasteiger partial charge in [0.25, 0.3) is 5.56 Å². The van der Waals surface area contributed by atoms with Gasteiger partial charge in [-0.25, -0.2) is 9.78 Å². The van der Waals surface area contributed by atoms with Crippen LogP contribution in [0.4, 0.5) is 0 Å². The van der Waals surface area contributed by atoms with Gasteiger partial charge >= 0.3 is 5.97 Å². The lowest BCUT2D eigenvalue weighted by atomic mass is 10.1. The van der Waals surface area contributed by atoms with Crippen LogP contribution in [0.25, 0.3) is 5.65 Å². The fourth-order valence-corrected chi connectivity index (χ4v) is 2.62. The van der Waals surface area contributed by atoms with Gasteiger partial charge in [-0.2, -0.15) is 0 Å². The molecule has 5 nitrogen and oxygen atoms in total. The van der Waals surface area contributed by atoms with Gasteiger partial charge in [-0.3, -0.25) is 9.20 Å². The molecule has 0 radical (unpaired) electrons. The molecular weight excluding hydrogens is 328 g/mol. The minimum absolute atomic E-state index is 0.0689. The molecule has 3 rings (SSSR count). The molecule has 2 aromatic heterocycles. The highest BCUT2D eigenvalue weighted by atomic mass is 35.5. The van der Waals surface area contributed by atoms with E-state index in [1.807, 2.05) is 26.0 Å². The largest absolute Gasteiger partial charge is 0.456 e. The van der Waals surface area contributed by atoms with E-state index in [1.165, 1.54) is 16.7 Å². The molecular formula is C18H15ClN2O3. The maximum Gasteiger partial charge on any atom is 0.338 e. The molecule has 0 spiro atoms. The van der Waals surface area contributed by atoms with Gasteiger partial charge in [-0.15, -0.1) is 0 Å². The second-order valence-electron chi connectivity index (χ2n) is 5.56. The number of ether oxygens (including phenoxy) is 1. The summed E-state index contributed by atoms with van der Waals surface area (Å²) in [5.74, 6) is -0.439. The normalized spacial score (nSPS) is 10.8. The summed E-state index contributed by atoms with van der Waals surface area (Å²) in [6.07, 6.45) is 1.50. The molecule has 0 saturated heterocycles. The van der Waals surface area contributed by atoms with Gasteiger partial charge in [0, 0.05) is 12.3 Å². The Morgan fingerprint density at radius 1 is 1.21 bits per heavy atom. The quantitative estimate of drug-likeness (QED) is 0.685. The Kier molecular flexibility index (Phi) is 4.36. The lowest BCUT2D eigenvalue weighted by Gasteiger charge is -2.08. The molecule has 0 N–H and O–H groups in total. The number of pyridine rings is 1. The van der Waals surface area contributed by atoms with Crippen molar-refractivity contribution in [1.29, 1.82) is 0 Å². The summed E-state index contributed by atoms with van der Waals surface area (Å²) in [5.41, 5.74) is 2.99. The fraction of sp³-hybridized carbons (Fsp3) is 0.167. The molecule has 0 aliphatic carbocycles. The number of fused-ring (bicyclic) bond motifs is 1. The van der Waals surface area contributed by atoms with Gasteiger partial charge in [0.2, 0.25) is 0 Å². The smallest absolute Gasteiger partial charge is 0.338 e. The van der Waals surface area contributed by atoms with Crippen molar-refractivity contribution in [2.75, 3.05) is 0 Å². The summed E-state index contributed by atoms with van der Waals surface area (Å²) in [5, 5.41) is 0.445. The van der Waals surface area contributed by atoms with E-state index in [-0.39, 0.29) is 12.2 Å². The van der Waals surface area contributed by atoms with Gasteiger partial charge in [0.05, 0.1) is 16.3 Å². The van der Waals surface area contributed by atoms with E-state index in [9.17, 15) is 9.59 Å². The summed E-state index contributed by atoms with van der Waals surface area (Å²) in [7, 11) is 0. The summed E-state index contributed by atoms with van der Waals surface area (Å²) in [6, 6.07) is 10.1. The van der Waals surface area contributed by atoms with Crippen LogP contribution in [0.5, 0.6) is 0 Å². The summed E-state index contributed by atoms with van der Waals surface area (Å²) >= 11 is 5.87. The molecule has 0 aliphatic heterocycles. The first-order valence-electron chi connectivity index (χ1n) is 7.36. The predicted molar refractivity (Wildman–Crippen MR) is 91.5 cm³/mol. The number of rotatable bonds is 3. The first-order valence-corrected chi connectivity index (χ1v) is 7.74. The predicted octanol–water partition coefficient (Wildman–Crippen LogP) is 3.32. The van der Waals surface area contributed by atoms with Crippen LogP contribution in [0.3, 0.4) is 0 Å². The Labute approximate surface area is 143 Å². The van der Waals surface area contributed by atoms with Crippen LogP contribution in [-0.4, -0.2) is 15.4 Å². The maximum atomic E-state index is 12.2. The molecule has 0 saturated carbocycles. The fourth-order valence-electron chi connectivity index (χ4n) is 2.46. The van der Waals surface area contributed by atoms with Gasteiger partial charge in [0.1, 0.15) is 12.3 Å². The van der Waals surface area contributed by atoms with Crippen molar-refractivity contribution in [2.45, 2.75) is 20.5 Å². The molecule has 0 atom stereocenters. The minimum atomic E-state index is -0.439. The monoisotopic (exact) mass is 342 g/mol. The highest BCUT2D eigenvalue weighted by Crippen LogP contribution is 2.13. The standard InChI is InChI=1S/C18H15ClN2O3/c1-11-3-5-15(12(2)7-11)18(23)24-10-14-8-17(22)21-9-13(19)4-6-16(21)20-14/h3-9H,10H2,1-2H3. The molecule has 0 bridgehead atoms. The maximum absolute atomic E-state index is 12.2. The Balaban J connectivity index is 1.81. The number of esters is 1. The number of nitrogens with zero attached hydrogens (tertiary/aromatic N) is 2. The Hall–Kier alpha value is -2.66. The first kappa shape index (κ1) is 16.2. The first-order chi connectivity index (χ1) is 11.4. The summed E-state index contributed by atoms with van der Waals surface area (Å²) in [4.78, 5) is 28.6. The van der Waals surface area contributed by atoms with Gasteiger partial charge < -0.3 is 4.74 Å². The van der Waals surface area contributed by atoms with Crippen LogP contribution < -0.4 is 5.56 Å². The number of carbonyl (C=O) groups excluding carboxylic acids is 1. The second kappa shape index (κ2) is 6.45. The number of carbonyl (C=O) groups is 1. The molecule has 6 heteroatoms. The van der Waals surface area contributed by atoms with E-state index in [2.05, 4.69) is 4.98 Å². The van der Waals surface area contributed by atoms with E-state index >= 15 is 0 Å². The number of benzene rings is 1. The lowest BCUT2D eigenvalue weighted by molar-refractivity contribution is 0.0467. The van der Waals surface area contributed by atoms with Crippen molar-refractivity contribution in [3.63, 3.8) is 0 Å². The zero-order valence-corrected chi connectivity index (χ0v) is 14.0. The van der Waals surface area contributed by atoms with Crippen LogP contribution in [0.2, 0.25) is 5.02 Å². The summed E-state index contributed by atoms with van der Waals surface area (Å²) in [6.45, 7) is 3.75. The van der Waals surface area contributed by atoms with E-state index in [1.54, 1.807) is 18.2 Å². The molecule has 1 aromatic carbocycles. The molecule has 0 fully saturated rings. The molecule has 0 unspecified atom stereocenters. The van der Waals surface area contributed by atoms with E-state index in [4.69, 9.17) is 16.3 Å². The molecule has 122 valence electrons. The molecule has 0 amide bonds. The molecule has 2 heterocycles. The van der Waals surface area contributed by atoms with Crippen molar-refractivity contribution in [2.24, 2.45) is 0 Å². The highest BCUT2D eigenvalue weighted by Gasteiger charge is 2.12. The average molecular weight is 343 g/mol. The number of halogens is 1. The van der Waals surface area contributed by atoms with Crippen molar-refractivity contribution in [3.05, 3.63) is 80.4 Å². The van der Waals surface area contributed by atoms with Gasteiger partial charge in [-0.1, -0.05) is 29.3 Å². The van der Waals surface area contributed by atoms with Crippen LogP contribution in [0.1, 0.15) is 27.2 Å². The van der Waals surface area contributed by atoms with E-state index in [0.29, 0.717) is 21.9 Å². The van der Waals surface area contributed by atoms with E-state index in [0.717, 1.165) is 11.1 Å². The number of hydrogen-bond acceptors (Lipinski definition) is 4. The summed E-state index contributed by atoms with van der Waals surface area (Å²) < 4.78 is 6.63. The van der Waals surface area contributed by atoms with Gasteiger partial charge in [0.15, 0.2) is 0 Å². The average Bonchev–Trinajstić information content (AvgIpc) is 2.53. The van der Waals surface area contributed by atoms with Crippen LogP contribution in [-0.2, 0) is 11.3 Å². The number of aryl methyl sites for hydroxylation is 2. The van der Waals surface area contributed by atoms with Crippen molar-refractivity contribution < 1.29 is 9.53 Å². The van der Waals surface area contributed by atoms with Crippen LogP contribution >= 0.6 is 11.6 Å². The van der Waals surface area contributed by atoms with Crippen molar-refractivity contribution >= 4 is 23.2 Å². The molecule has 24 heavy (non-hydrogen) atoms. The van der Waals surface area contributed by atoms with E-state index < -0.39 is 5.97 Å². The molecule has 0 aliphatic rings. The Morgan fingerprint density at radius 3 is 2.75 bits per heavy atom. The Bertz CT molecular complexity index is 995. The third-order valence-electron chi connectivity index (χ3n) is 3.63. The van der Waals surface area contributed by atoms with Crippen molar-refractivity contribution in [1.82, 2.24) is 9.38 Å². The van der Waals surface area contributed by atoms with Crippen molar-refractivity contribution in [3.8, 4) is 0 Å². The number of hydrogen-bond donors (Lipinski definition) is 0. The number of aromatic nitrogens is 2. The zero-order valence-electron chi connectivity index (χ0n) is 13.2.